The van der Waals surface area contributed by atoms with Gasteiger partial charge in [0.05, 0.1) is 52.2 Å². The van der Waals surface area contributed by atoms with E-state index >= 15 is 4.39 Å². The first-order valence-electron chi connectivity index (χ1n) is 12.9. The second-order valence-electron chi connectivity index (χ2n) is 10.4. The van der Waals surface area contributed by atoms with E-state index in [1.807, 2.05) is 22.2 Å². The van der Waals surface area contributed by atoms with Gasteiger partial charge < -0.3 is 9.47 Å². The zero-order chi connectivity index (χ0) is 27.2. The molecule has 4 aromatic heterocycles. The van der Waals surface area contributed by atoms with Crippen LogP contribution in [0.15, 0.2) is 54.0 Å². The van der Waals surface area contributed by atoms with Crippen molar-refractivity contribution < 1.29 is 4.39 Å². The van der Waals surface area contributed by atoms with Crippen molar-refractivity contribution >= 4 is 27.8 Å². The lowest BCUT2D eigenvalue weighted by atomic mass is 10.0. The molecule has 1 saturated heterocycles. The Kier molecular flexibility index (Phi) is 4.91. The molecule has 10 nitrogen and oxygen atoms in total. The van der Waals surface area contributed by atoms with Crippen molar-refractivity contribution in [3.8, 4) is 28.3 Å². The fourth-order valence-corrected chi connectivity index (χ4v) is 5.72. The third-order valence-electron chi connectivity index (χ3n) is 8.02. The second-order valence-corrected chi connectivity index (χ2v) is 10.4. The molecule has 39 heavy (non-hydrogen) atoms. The summed E-state index contributed by atoms with van der Waals surface area (Å²) >= 11 is 0. The topological polar surface area (TPSA) is 83.6 Å². The number of nitrogens with zero attached hydrogens (tertiary/aromatic N) is 9. The van der Waals surface area contributed by atoms with E-state index in [9.17, 15) is 4.79 Å². The predicted molar refractivity (Wildman–Crippen MR) is 149 cm³/mol. The van der Waals surface area contributed by atoms with E-state index in [0.29, 0.717) is 34.0 Å². The highest BCUT2D eigenvalue weighted by atomic mass is 19.1. The number of hydrogen-bond acceptors (Lipinski definition) is 5. The van der Waals surface area contributed by atoms with Gasteiger partial charge in [0.15, 0.2) is 5.82 Å². The highest BCUT2D eigenvalue weighted by Crippen LogP contribution is 2.38. The Labute approximate surface area is 223 Å². The van der Waals surface area contributed by atoms with Gasteiger partial charge in [0, 0.05) is 64.2 Å². The van der Waals surface area contributed by atoms with Gasteiger partial charge in [-0.3, -0.25) is 18.4 Å². The van der Waals surface area contributed by atoms with Crippen molar-refractivity contribution in [2.45, 2.75) is 19.4 Å². The Morgan fingerprint density at radius 1 is 1.00 bits per heavy atom. The molecule has 0 amide bonds. The number of imidazole rings is 3. The van der Waals surface area contributed by atoms with Crippen molar-refractivity contribution in [1.29, 1.82) is 0 Å². The Hall–Kier alpha value is -4.67. The second kappa shape index (κ2) is 8.16. The van der Waals surface area contributed by atoms with E-state index < -0.39 is 0 Å². The minimum Gasteiger partial charge on any atom is -0.367 e. The van der Waals surface area contributed by atoms with Crippen molar-refractivity contribution in [3.05, 3.63) is 65.5 Å². The molecule has 0 N–H and O–H groups in total. The summed E-state index contributed by atoms with van der Waals surface area (Å²) in [6, 6.07) is 7.73. The standard InChI is InChI=1S/C28H28FN9O/c1-16-6-7-37(16)24-9-18(8-23-26(24)36(5)28(39)35(23)4)38-22-11-20(29)19(17-12-31-34(3)14-17)10-21(22)32-27(38)25-13-30-15-33(25)2/h8-16H,6-7H2,1-5H3/t16-/m0/s1. The Morgan fingerprint density at radius 3 is 2.46 bits per heavy atom. The molecule has 0 unspecified atom stereocenters. The van der Waals surface area contributed by atoms with Gasteiger partial charge in [-0.15, -0.1) is 0 Å². The Morgan fingerprint density at radius 2 is 1.82 bits per heavy atom. The average Bonchev–Trinajstić information content (AvgIpc) is 3.66. The van der Waals surface area contributed by atoms with Crippen LogP contribution in [0.3, 0.4) is 0 Å². The molecule has 1 fully saturated rings. The molecule has 7 rings (SSSR count). The number of anilines is 1. The summed E-state index contributed by atoms with van der Waals surface area (Å²) in [7, 11) is 7.30. The Bertz CT molecular complexity index is 1990. The van der Waals surface area contributed by atoms with Gasteiger partial charge in [0.25, 0.3) is 0 Å². The summed E-state index contributed by atoms with van der Waals surface area (Å²) in [5.41, 5.74) is 6.55. The predicted octanol–water partition coefficient (Wildman–Crippen LogP) is 3.75. The van der Waals surface area contributed by atoms with E-state index in [-0.39, 0.29) is 11.5 Å². The quantitative estimate of drug-likeness (QED) is 0.350. The van der Waals surface area contributed by atoms with Crippen LogP contribution in [-0.2, 0) is 28.2 Å². The maximum Gasteiger partial charge on any atom is 0.328 e. The van der Waals surface area contributed by atoms with Crippen LogP contribution in [-0.4, -0.2) is 50.6 Å². The fraction of sp³-hybridized carbons (Fsp3) is 0.286. The van der Waals surface area contributed by atoms with Crippen molar-refractivity contribution in [1.82, 2.24) is 38.0 Å². The maximum atomic E-state index is 15.7. The first-order valence-corrected chi connectivity index (χ1v) is 12.9. The zero-order valence-electron chi connectivity index (χ0n) is 22.4. The molecule has 198 valence electrons. The summed E-state index contributed by atoms with van der Waals surface area (Å²) in [6.07, 6.45) is 7.99. The van der Waals surface area contributed by atoms with Gasteiger partial charge >= 0.3 is 5.69 Å². The van der Waals surface area contributed by atoms with Crippen LogP contribution in [0.4, 0.5) is 10.1 Å². The van der Waals surface area contributed by atoms with Crippen LogP contribution in [0.1, 0.15) is 13.3 Å². The molecule has 6 aromatic rings. The number of benzene rings is 2. The summed E-state index contributed by atoms with van der Waals surface area (Å²) < 4.78 is 24.6. The lowest BCUT2D eigenvalue weighted by Crippen LogP contribution is -2.46. The number of hydrogen-bond donors (Lipinski definition) is 0. The summed E-state index contributed by atoms with van der Waals surface area (Å²) in [5, 5.41) is 4.21. The van der Waals surface area contributed by atoms with Gasteiger partial charge in [-0.2, -0.15) is 5.10 Å². The van der Waals surface area contributed by atoms with Crippen LogP contribution in [0.2, 0.25) is 0 Å². The molecule has 0 bridgehead atoms. The normalized spacial score (nSPS) is 15.5. The summed E-state index contributed by atoms with van der Waals surface area (Å²) in [5.74, 6) is 0.272. The molecule has 0 aliphatic carbocycles. The first-order chi connectivity index (χ1) is 18.7. The SMILES string of the molecule is C[C@H]1CCN1c1cc(-n2c(-c3cncn3C)nc3cc(-c4cnn(C)c4)c(F)cc32)cc2c1n(C)c(=O)n2C. The number of aryl methyl sites for hydroxylation is 4. The molecule has 1 atom stereocenters. The lowest BCUT2D eigenvalue weighted by molar-refractivity contribution is 0.482. The Balaban J connectivity index is 1.56. The fourth-order valence-electron chi connectivity index (χ4n) is 5.72. The van der Waals surface area contributed by atoms with Crippen LogP contribution in [0.5, 0.6) is 0 Å². The minimum atomic E-state index is -0.363. The van der Waals surface area contributed by atoms with E-state index in [2.05, 4.69) is 28.0 Å². The molecule has 11 heteroatoms. The smallest absolute Gasteiger partial charge is 0.328 e. The third kappa shape index (κ3) is 3.32. The maximum absolute atomic E-state index is 15.7. The van der Waals surface area contributed by atoms with E-state index in [1.54, 1.807) is 65.9 Å². The van der Waals surface area contributed by atoms with E-state index in [4.69, 9.17) is 4.98 Å². The summed E-state index contributed by atoms with van der Waals surface area (Å²) in [4.78, 5) is 24.6. The molecule has 0 spiro atoms. The highest BCUT2D eigenvalue weighted by molar-refractivity contribution is 5.94. The summed E-state index contributed by atoms with van der Waals surface area (Å²) in [6.45, 7) is 3.09. The minimum absolute atomic E-state index is 0.0916. The van der Waals surface area contributed by atoms with Gasteiger partial charge in [-0.1, -0.05) is 0 Å². The van der Waals surface area contributed by atoms with Crippen LogP contribution < -0.4 is 10.6 Å². The van der Waals surface area contributed by atoms with Crippen molar-refractivity contribution in [2.24, 2.45) is 28.2 Å². The van der Waals surface area contributed by atoms with Crippen molar-refractivity contribution in [3.63, 3.8) is 0 Å². The number of rotatable bonds is 4. The van der Waals surface area contributed by atoms with E-state index in [0.717, 1.165) is 41.1 Å². The monoisotopic (exact) mass is 525 g/mol. The number of halogens is 1. The molecule has 0 radical (unpaired) electrons. The van der Waals surface area contributed by atoms with Gasteiger partial charge in [-0.25, -0.2) is 19.2 Å². The van der Waals surface area contributed by atoms with Crippen molar-refractivity contribution in [2.75, 3.05) is 11.4 Å². The molecular weight excluding hydrogens is 497 g/mol. The molecular formula is C28H28FN9O. The molecule has 5 heterocycles. The number of fused-ring (bicyclic) bond motifs is 2. The van der Waals surface area contributed by atoms with Crippen LogP contribution in [0.25, 0.3) is 50.4 Å². The molecule has 0 saturated carbocycles. The van der Waals surface area contributed by atoms with Crippen LogP contribution >= 0.6 is 0 Å². The van der Waals surface area contributed by atoms with Crippen LogP contribution in [0, 0.1) is 5.82 Å². The third-order valence-corrected chi connectivity index (χ3v) is 8.02. The van der Waals surface area contributed by atoms with Gasteiger partial charge in [0.2, 0.25) is 0 Å². The molecule has 1 aliphatic heterocycles. The zero-order valence-corrected chi connectivity index (χ0v) is 22.4. The average molecular weight is 526 g/mol. The first kappa shape index (κ1) is 23.4. The molecule has 1 aliphatic rings. The van der Waals surface area contributed by atoms with Gasteiger partial charge in [0.1, 0.15) is 11.5 Å². The highest BCUT2D eigenvalue weighted by Gasteiger charge is 2.29. The largest absolute Gasteiger partial charge is 0.367 e. The number of aromatic nitrogens is 8. The van der Waals surface area contributed by atoms with Gasteiger partial charge in [-0.05, 0) is 31.5 Å². The molecule has 2 aromatic carbocycles. The van der Waals surface area contributed by atoms with E-state index in [1.165, 1.54) is 6.07 Å². The lowest BCUT2D eigenvalue weighted by Gasteiger charge is -2.41.